The standard InChI is InChI=1S/C18H18O6/c1-21-13-9-10-14-15(11-13)24-18(23-3,12-7-5-4-6-8-12)17(20,22-2)16(14)19/h4-11,20H,1-3H3/t17-,18-/m0/s1. The van der Waals surface area contributed by atoms with Crippen molar-refractivity contribution in [2.45, 2.75) is 11.6 Å². The SMILES string of the molecule is COc1ccc2c(c1)O[C@@](OC)(c1ccccc1)[C@@](O)(OC)C2=O. The number of hydrogen-bond acceptors (Lipinski definition) is 6. The molecule has 0 aliphatic carbocycles. The van der Waals surface area contributed by atoms with Gasteiger partial charge in [0, 0.05) is 25.8 Å². The molecule has 1 aliphatic heterocycles. The first-order chi connectivity index (χ1) is 11.5. The van der Waals surface area contributed by atoms with Crippen LogP contribution in [0.3, 0.4) is 0 Å². The van der Waals surface area contributed by atoms with Crippen LogP contribution in [0.2, 0.25) is 0 Å². The van der Waals surface area contributed by atoms with E-state index in [0.29, 0.717) is 11.3 Å². The summed E-state index contributed by atoms with van der Waals surface area (Å²) in [5, 5.41) is 11.0. The summed E-state index contributed by atoms with van der Waals surface area (Å²) in [5.74, 6) is -4.08. The lowest BCUT2D eigenvalue weighted by molar-refractivity contribution is -0.346. The number of ether oxygens (including phenoxy) is 4. The minimum absolute atomic E-state index is 0.184. The highest BCUT2D eigenvalue weighted by atomic mass is 16.8. The summed E-state index contributed by atoms with van der Waals surface area (Å²) in [6, 6.07) is 13.4. The first-order valence-corrected chi connectivity index (χ1v) is 7.32. The van der Waals surface area contributed by atoms with Gasteiger partial charge in [-0.25, -0.2) is 0 Å². The third-order valence-corrected chi connectivity index (χ3v) is 4.18. The average molecular weight is 330 g/mol. The first kappa shape index (κ1) is 16.4. The summed E-state index contributed by atoms with van der Waals surface area (Å²) in [5.41, 5.74) is 0.627. The molecular formula is C18H18O6. The summed E-state index contributed by atoms with van der Waals surface area (Å²) < 4.78 is 21.9. The fourth-order valence-corrected chi connectivity index (χ4v) is 2.89. The Hall–Kier alpha value is -2.41. The van der Waals surface area contributed by atoms with Crippen molar-refractivity contribution in [3.8, 4) is 11.5 Å². The minimum Gasteiger partial charge on any atom is -0.497 e. The van der Waals surface area contributed by atoms with Crippen LogP contribution < -0.4 is 9.47 Å². The highest BCUT2D eigenvalue weighted by Crippen LogP contribution is 2.47. The minimum atomic E-state index is -2.34. The van der Waals surface area contributed by atoms with E-state index in [1.807, 2.05) is 0 Å². The van der Waals surface area contributed by atoms with E-state index in [1.54, 1.807) is 42.5 Å². The van der Waals surface area contributed by atoms with Crippen LogP contribution in [0.1, 0.15) is 15.9 Å². The molecule has 0 bridgehead atoms. The zero-order valence-corrected chi connectivity index (χ0v) is 13.6. The fraction of sp³-hybridized carbons (Fsp3) is 0.278. The Morgan fingerprint density at radius 2 is 1.71 bits per heavy atom. The zero-order valence-electron chi connectivity index (χ0n) is 13.6. The van der Waals surface area contributed by atoms with Gasteiger partial charge in [-0.05, 0) is 12.1 Å². The molecule has 126 valence electrons. The maximum Gasteiger partial charge on any atom is 0.304 e. The Kier molecular flexibility index (Phi) is 4.04. The zero-order chi connectivity index (χ0) is 17.4. The van der Waals surface area contributed by atoms with Gasteiger partial charge in [-0.1, -0.05) is 30.3 Å². The van der Waals surface area contributed by atoms with Gasteiger partial charge in [0.05, 0.1) is 12.7 Å². The van der Waals surface area contributed by atoms with Crippen molar-refractivity contribution in [3.05, 3.63) is 59.7 Å². The van der Waals surface area contributed by atoms with Crippen LogP contribution in [0.5, 0.6) is 11.5 Å². The molecule has 6 heteroatoms. The van der Waals surface area contributed by atoms with Crippen molar-refractivity contribution in [1.82, 2.24) is 0 Å². The van der Waals surface area contributed by atoms with Gasteiger partial charge in [-0.3, -0.25) is 4.79 Å². The van der Waals surface area contributed by atoms with Crippen LogP contribution in [0.4, 0.5) is 0 Å². The fourth-order valence-electron chi connectivity index (χ4n) is 2.89. The smallest absolute Gasteiger partial charge is 0.304 e. The summed E-state index contributed by atoms with van der Waals surface area (Å²) in [6.07, 6.45) is 0. The van der Waals surface area contributed by atoms with Crippen molar-refractivity contribution < 1.29 is 28.8 Å². The second-order valence-electron chi connectivity index (χ2n) is 5.33. The van der Waals surface area contributed by atoms with Gasteiger partial charge in [0.1, 0.15) is 11.5 Å². The number of carbonyl (C=O) groups excluding carboxylic acids is 1. The number of rotatable bonds is 4. The monoisotopic (exact) mass is 330 g/mol. The lowest BCUT2D eigenvalue weighted by Crippen LogP contribution is -2.64. The molecule has 0 fully saturated rings. The number of ketones is 1. The summed E-state index contributed by atoms with van der Waals surface area (Å²) in [4.78, 5) is 12.9. The maximum atomic E-state index is 12.9. The quantitative estimate of drug-likeness (QED) is 0.866. The molecule has 0 amide bonds. The lowest BCUT2D eigenvalue weighted by atomic mass is 9.86. The summed E-state index contributed by atoms with van der Waals surface area (Å²) in [6.45, 7) is 0. The molecule has 2 atom stereocenters. The molecule has 1 aliphatic rings. The maximum absolute atomic E-state index is 12.9. The molecule has 0 saturated carbocycles. The molecular weight excluding hydrogens is 312 g/mol. The Morgan fingerprint density at radius 3 is 2.29 bits per heavy atom. The van der Waals surface area contributed by atoms with E-state index in [-0.39, 0.29) is 11.3 Å². The second-order valence-corrected chi connectivity index (χ2v) is 5.33. The highest BCUT2D eigenvalue weighted by Gasteiger charge is 2.64. The molecule has 0 spiro atoms. The van der Waals surface area contributed by atoms with Crippen molar-refractivity contribution in [3.63, 3.8) is 0 Å². The van der Waals surface area contributed by atoms with Crippen LogP contribution in [-0.2, 0) is 15.3 Å². The van der Waals surface area contributed by atoms with Crippen molar-refractivity contribution in [1.29, 1.82) is 0 Å². The molecule has 1 heterocycles. The van der Waals surface area contributed by atoms with Crippen LogP contribution in [0.15, 0.2) is 48.5 Å². The van der Waals surface area contributed by atoms with Gasteiger partial charge in [-0.15, -0.1) is 0 Å². The molecule has 0 radical (unpaired) electrons. The number of carbonyl (C=O) groups is 1. The van der Waals surface area contributed by atoms with Gasteiger partial charge in [0.2, 0.25) is 5.78 Å². The molecule has 0 saturated heterocycles. The van der Waals surface area contributed by atoms with E-state index in [4.69, 9.17) is 18.9 Å². The van der Waals surface area contributed by atoms with Gasteiger partial charge in [0.25, 0.3) is 5.79 Å². The topological polar surface area (TPSA) is 74.2 Å². The number of fused-ring (bicyclic) bond motifs is 1. The molecule has 0 unspecified atom stereocenters. The van der Waals surface area contributed by atoms with Crippen LogP contribution in [0, 0.1) is 0 Å². The number of Topliss-reactive ketones (excluding diaryl/α,β-unsaturated/α-hetero) is 1. The van der Waals surface area contributed by atoms with E-state index < -0.39 is 17.4 Å². The highest BCUT2D eigenvalue weighted by molar-refractivity contribution is 6.05. The normalized spacial score (nSPS) is 25.8. The Morgan fingerprint density at radius 1 is 1.00 bits per heavy atom. The van der Waals surface area contributed by atoms with Gasteiger partial charge in [0.15, 0.2) is 0 Å². The van der Waals surface area contributed by atoms with E-state index in [9.17, 15) is 9.90 Å². The van der Waals surface area contributed by atoms with Crippen LogP contribution in [-0.4, -0.2) is 38.0 Å². The van der Waals surface area contributed by atoms with Crippen LogP contribution >= 0.6 is 0 Å². The number of aliphatic hydroxyl groups is 1. The van der Waals surface area contributed by atoms with E-state index in [2.05, 4.69) is 0 Å². The second kappa shape index (κ2) is 5.90. The molecule has 3 rings (SSSR count). The Labute approximate surface area is 139 Å². The molecule has 0 aromatic heterocycles. The molecule has 1 N–H and O–H groups in total. The summed E-state index contributed by atoms with van der Waals surface area (Å²) >= 11 is 0. The molecule has 6 nitrogen and oxygen atoms in total. The third kappa shape index (κ3) is 2.11. The summed E-state index contributed by atoms with van der Waals surface area (Å²) in [7, 11) is 4.08. The van der Waals surface area contributed by atoms with Crippen LogP contribution in [0.25, 0.3) is 0 Å². The van der Waals surface area contributed by atoms with E-state index in [1.165, 1.54) is 27.4 Å². The van der Waals surface area contributed by atoms with Gasteiger partial charge in [-0.2, -0.15) is 0 Å². The number of benzene rings is 2. The van der Waals surface area contributed by atoms with Crippen molar-refractivity contribution in [2.75, 3.05) is 21.3 Å². The Balaban J connectivity index is 2.26. The lowest BCUT2D eigenvalue weighted by Gasteiger charge is -2.46. The predicted molar refractivity (Wildman–Crippen MR) is 85.0 cm³/mol. The third-order valence-electron chi connectivity index (χ3n) is 4.18. The molecule has 2 aromatic carbocycles. The van der Waals surface area contributed by atoms with Gasteiger partial charge >= 0.3 is 5.79 Å². The number of methoxy groups -OCH3 is 3. The van der Waals surface area contributed by atoms with E-state index in [0.717, 1.165) is 0 Å². The largest absolute Gasteiger partial charge is 0.497 e. The van der Waals surface area contributed by atoms with Crippen molar-refractivity contribution >= 4 is 5.78 Å². The predicted octanol–water partition coefficient (Wildman–Crippen LogP) is 2.10. The van der Waals surface area contributed by atoms with E-state index >= 15 is 0 Å². The van der Waals surface area contributed by atoms with Crippen molar-refractivity contribution in [2.24, 2.45) is 0 Å². The Bertz CT molecular complexity index is 759. The van der Waals surface area contributed by atoms with Gasteiger partial charge < -0.3 is 24.1 Å². The first-order valence-electron chi connectivity index (χ1n) is 7.32. The number of hydrogen-bond donors (Lipinski definition) is 1. The average Bonchev–Trinajstić information content (AvgIpc) is 2.64. The molecule has 24 heavy (non-hydrogen) atoms. The molecule has 2 aromatic rings.